The number of ketones is 1. The van der Waals surface area contributed by atoms with Crippen LogP contribution in [0, 0.1) is 5.82 Å². The van der Waals surface area contributed by atoms with Crippen molar-refractivity contribution in [2.45, 2.75) is 25.7 Å². The molecule has 4 heteroatoms. The van der Waals surface area contributed by atoms with Crippen molar-refractivity contribution in [1.29, 1.82) is 0 Å². The highest BCUT2D eigenvalue weighted by Crippen LogP contribution is 2.24. The molecular formula is C14H19FN2O. The first-order chi connectivity index (χ1) is 8.72. The zero-order valence-corrected chi connectivity index (χ0v) is 10.5. The Morgan fingerprint density at radius 1 is 1.28 bits per heavy atom. The van der Waals surface area contributed by atoms with Crippen LogP contribution in [0.15, 0.2) is 18.2 Å². The van der Waals surface area contributed by atoms with Crippen LogP contribution in [0.25, 0.3) is 0 Å². The maximum Gasteiger partial charge on any atom is 0.164 e. The van der Waals surface area contributed by atoms with Crippen LogP contribution < -0.4 is 10.6 Å². The summed E-state index contributed by atoms with van der Waals surface area (Å²) in [5.74, 6) is -0.402. The van der Waals surface area contributed by atoms with Gasteiger partial charge in [-0.25, -0.2) is 4.39 Å². The highest BCUT2D eigenvalue weighted by atomic mass is 19.1. The fraction of sp³-hybridized carbons (Fsp3) is 0.500. The summed E-state index contributed by atoms with van der Waals surface area (Å²) in [6, 6.07) is 4.75. The number of Topliss-reactive ketones (excluding diaryl/α,β-unsaturated/α-hetero) is 1. The molecule has 1 aliphatic rings. The summed E-state index contributed by atoms with van der Waals surface area (Å²) in [5, 5.41) is 0. The molecule has 1 heterocycles. The molecule has 3 nitrogen and oxygen atoms in total. The molecule has 0 spiro atoms. The van der Waals surface area contributed by atoms with Gasteiger partial charge < -0.3 is 10.6 Å². The smallest absolute Gasteiger partial charge is 0.164 e. The van der Waals surface area contributed by atoms with Gasteiger partial charge in [0.15, 0.2) is 5.78 Å². The van der Waals surface area contributed by atoms with Gasteiger partial charge in [-0.15, -0.1) is 0 Å². The topological polar surface area (TPSA) is 46.3 Å². The third-order valence-electron chi connectivity index (χ3n) is 3.34. The van der Waals surface area contributed by atoms with Crippen molar-refractivity contribution in [3.63, 3.8) is 0 Å². The van der Waals surface area contributed by atoms with E-state index >= 15 is 0 Å². The van der Waals surface area contributed by atoms with Crippen molar-refractivity contribution < 1.29 is 9.18 Å². The van der Waals surface area contributed by atoms with Crippen LogP contribution in [0.5, 0.6) is 0 Å². The van der Waals surface area contributed by atoms with Crippen LogP contribution in [0.1, 0.15) is 36.0 Å². The number of nitrogens with zero attached hydrogens (tertiary/aromatic N) is 1. The Morgan fingerprint density at radius 2 is 2.00 bits per heavy atom. The van der Waals surface area contributed by atoms with Crippen molar-refractivity contribution in [2.75, 3.05) is 24.5 Å². The lowest BCUT2D eigenvalue weighted by atomic mass is 10.1. The Balaban J connectivity index is 2.16. The van der Waals surface area contributed by atoms with E-state index in [9.17, 15) is 9.18 Å². The molecule has 1 aromatic carbocycles. The predicted molar refractivity (Wildman–Crippen MR) is 70.5 cm³/mol. The Hall–Kier alpha value is -1.42. The van der Waals surface area contributed by atoms with Crippen LogP contribution in [-0.2, 0) is 0 Å². The molecule has 0 atom stereocenters. The summed E-state index contributed by atoms with van der Waals surface area (Å²) in [5.41, 5.74) is 6.35. The molecule has 0 amide bonds. The molecule has 98 valence electrons. The molecular weight excluding hydrogens is 231 g/mol. The van der Waals surface area contributed by atoms with E-state index in [0.717, 1.165) is 25.9 Å². The van der Waals surface area contributed by atoms with Gasteiger partial charge in [-0.1, -0.05) is 0 Å². The van der Waals surface area contributed by atoms with Crippen LogP contribution in [0.4, 0.5) is 10.1 Å². The zero-order valence-electron chi connectivity index (χ0n) is 10.5. The number of piperidine rings is 1. The van der Waals surface area contributed by atoms with E-state index in [1.54, 1.807) is 12.1 Å². The van der Waals surface area contributed by atoms with Crippen LogP contribution >= 0.6 is 0 Å². The van der Waals surface area contributed by atoms with Gasteiger partial charge in [0, 0.05) is 25.1 Å². The van der Waals surface area contributed by atoms with Gasteiger partial charge in [0.2, 0.25) is 0 Å². The first kappa shape index (κ1) is 13.0. The van der Waals surface area contributed by atoms with Gasteiger partial charge in [-0.3, -0.25) is 4.79 Å². The average molecular weight is 250 g/mol. The Labute approximate surface area is 107 Å². The number of halogens is 1. The largest absolute Gasteiger partial charge is 0.369 e. The molecule has 1 aliphatic heterocycles. The molecule has 0 bridgehead atoms. The minimum Gasteiger partial charge on any atom is -0.369 e. The van der Waals surface area contributed by atoms with Crippen molar-refractivity contribution in [3.05, 3.63) is 29.6 Å². The first-order valence-electron chi connectivity index (χ1n) is 6.50. The lowest BCUT2D eigenvalue weighted by molar-refractivity contribution is 0.0985. The van der Waals surface area contributed by atoms with Gasteiger partial charge in [-0.2, -0.15) is 0 Å². The van der Waals surface area contributed by atoms with Crippen molar-refractivity contribution in [1.82, 2.24) is 0 Å². The SMILES string of the molecule is NCCC(=O)c1ccc(N2CCCCC2)c(F)c1. The van der Waals surface area contributed by atoms with E-state index in [4.69, 9.17) is 5.73 Å². The quantitative estimate of drug-likeness (QED) is 0.834. The molecule has 0 aliphatic carbocycles. The average Bonchev–Trinajstić information content (AvgIpc) is 2.40. The number of nitrogens with two attached hydrogens (primary N) is 1. The van der Waals surface area contributed by atoms with Gasteiger partial charge in [0.25, 0.3) is 0 Å². The molecule has 18 heavy (non-hydrogen) atoms. The third-order valence-corrected chi connectivity index (χ3v) is 3.34. The molecule has 1 saturated heterocycles. The predicted octanol–water partition coefficient (Wildman–Crippen LogP) is 2.35. The van der Waals surface area contributed by atoms with Crippen LogP contribution in [0.2, 0.25) is 0 Å². The fourth-order valence-electron chi connectivity index (χ4n) is 2.35. The Bertz CT molecular complexity index is 428. The second kappa shape index (κ2) is 5.96. The number of hydrogen-bond donors (Lipinski definition) is 1. The second-order valence-corrected chi connectivity index (χ2v) is 4.68. The normalized spacial score (nSPS) is 15.8. The zero-order chi connectivity index (χ0) is 13.0. The van der Waals surface area contributed by atoms with Crippen molar-refractivity contribution >= 4 is 11.5 Å². The summed E-state index contributed by atoms with van der Waals surface area (Å²) in [4.78, 5) is 13.7. The lowest BCUT2D eigenvalue weighted by Crippen LogP contribution is -2.30. The molecule has 1 aromatic rings. The third kappa shape index (κ3) is 2.88. The van der Waals surface area contributed by atoms with E-state index in [1.807, 2.05) is 0 Å². The van der Waals surface area contributed by atoms with Gasteiger partial charge in [-0.05, 0) is 44.0 Å². The highest BCUT2D eigenvalue weighted by Gasteiger charge is 2.16. The summed E-state index contributed by atoms with van der Waals surface area (Å²) in [6.45, 7) is 2.09. The van der Waals surface area contributed by atoms with E-state index in [0.29, 0.717) is 17.8 Å². The molecule has 2 N–H and O–H groups in total. The van der Waals surface area contributed by atoms with Crippen molar-refractivity contribution in [2.24, 2.45) is 5.73 Å². The summed E-state index contributed by atoms with van der Waals surface area (Å²) < 4.78 is 14.0. The Morgan fingerprint density at radius 3 is 2.61 bits per heavy atom. The second-order valence-electron chi connectivity index (χ2n) is 4.68. The Kier molecular flexibility index (Phi) is 4.31. The van der Waals surface area contributed by atoms with E-state index < -0.39 is 0 Å². The number of carbonyl (C=O) groups is 1. The molecule has 0 saturated carbocycles. The maximum absolute atomic E-state index is 14.0. The number of rotatable bonds is 4. The van der Waals surface area contributed by atoms with E-state index in [1.165, 1.54) is 12.5 Å². The number of carbonyl (C=O) groups excluding carboxylic acids is 1. The lowest BCUT2D eigenvalue weighted by Gasteiger charge is -2.29. The monoisotopic (exact) mass is 250 g/mol. The van der Waals surface area contributed by atoms with Crippen molar-refractivity contribution in [3.8, 4) is 0 Å². The van der Waals surface area contributed by atoms with Gasteiger partial charge in [0.1, 0.15) is 5.82 Å². The summed E-state index contributed by atoms with van der Waals surface area (Å²) in [6.07, 6.45) is 3.69. The molecule has 0 aromatic heterocycles. The van der Waals surface area contributed by atoms with Gasteiger partial charge in [0.05, 0.1) is 5.69 Å². The van der Waals surface area contributed by atoms with E-state index in [-0.39, 0.29) is 18.0 Å². The fourth-order valence-corrected chi connectivity index (χ4v) is 2.35. The number of anilines is 1. The number of benzene rings is 1. The molecule has 0 unspecified atom stereocenters. The maximum atomic E-state index is 14.0. The molecule has 1 fully saturated rings. The molecule has 2 rings (SSSR count). The van der Waals surface area contributed by atoms with Gasteiger partial charge >= 0.3 is 0 Å². The minimum absolute atomic E-state index is 0.0957. The van der Waals surface area contributed by atoms with Crippen LogP contribution in [-0.4, -0.2) is 25.4 Å². The number of hydrogen-bond acceptors (Lipinski definition) is 3. The highest BCUT2D eigenvalue weighted by molar-refractivity contribution is 5.96. The van der Waals surface area contributed by atoms with Crippen LogP contribution in [0.3, 0.4) is 0 Å². The summed E-state index contributed by atoms with van der Waals surface area (Å²) >= 11 is 0. The first-order valence-corrected chi connectivity index (χ1v) is 6.50. The standard InChI is InChI=1S/C14H19FN2O/c15-12-10-11(14(18)6-7-16)4-5-13(12)17-8-2-1-3-9-17/h4-5,10H,1-3,6-9,16H2. The molecule has 0 radical (unpaired) electrons. The summed E-state index contributed by atoms with van der Waals surface area (Å²) in [7, 11) is 0. The minimum atomic E-state index is -0.306. The van der Waals surface area contributed by atoms with E-state index in [2.05, 4.69) is 4.90 Å².